The standard InChI is InChI=1S/C19H16/c1-12-7-8-14-9-10-16-13(2)15-5-3-4-6-17(15)19(16)18(14)11-12/h3-11,13H,1-2H3. The molecule has 1 unspecified atom stereocenters. The van der Waals surface area contributed by atoms with Crippen LogP contribution in [0.1, 0.15) is 29.5 Å². The summed E-state index contributed by atoms with van der Waals surface area (Å²) < 4.78 is 0. The Morgan fingerprint density at radius 3 is 2.53 bits per heavy atom. The SMILES string of the molecule is Cc1ccc2ccc3c(c2c1)-c1ccccc1C3C. The van der Waals surface area contributed by atoms with Crippen LogP contribution in [-0.4, -0.2) is 0 Å². The fraction of sp³-hybridized carbons (Fsp3) is 0.158. The van der Waals surface area contributed by atoms with E-state index in [-0.39, 0.29) is 0 Å². The van der Waals surface area contributed by atoms with E-state index in [1.54, 1.807) is 0 Å². The molecule has 0 radical (unpaired) electrons. The van der Waals surface area contributed by atoms with Crippen LogP contribution in [0.4, 0.5) is 0 Å². The molecule has 0 bridgehead atoms. The van der Waals surface area contributed by atoms with Crippen molar-refractivity contribution in [2.75, 3.05) is 0 Å². The molecule has 0 aromatic heterocycles. The molecule has 0 amide bonds. The average Bonchev–Trinajstić information content (AvgIpc) is 2.73. The van der Waals surface area contributed by atoms with E-state index in [1.807, 2.05) is 0 Å². The van der Waals surface area contributed by atoms with Gasteiger partial charge in [-0.3, -0.25) is 0 Å². The third kappa shape index (κ3) is 1.40. The van der Waals surface area contributed by atoms with Crippen LogP contribution in [0.3, 0.4) is 0 Å². The first-order valence-electron chi connectivity index (χ1n) is 6.88. The maximum absolute atomic E-state index is 2.32. The van der Waals surface area contributed by atoms with Gasteiger partial charge in [0.15, 0.2) is 0 Å². The van der Waals surface area contributed by atoms with Crippen molar-refractivity contribution in [3.63, 3.8) is 0 Å². The van der Waals surface area contributed by atoms with Gasteiger partial charge in [0.05, 0.1) is 0 Å². The molecule has 1 atom stereocenters. The molecule has 1 aliphatic carbocycles. The van der Waals surface area contributed by atoms with Crippen LogP contribution in [0.5, 0.6) is 0 Å². The highest BCUT2D eigenvalue weighted by Gasteiger charge is 2.26. The van der Waals surface area contributed by atoms with Gasteiger partial charge in [0.1, 0.15) is 0 Å². The lowest BCUT2D eigenvalue weighted by molar-refractivity contribution is 0.958. The second kappa shape index (κ2) is 3.71. The highest BCUT2D eigenvalue weighted by Crippen LogP contribution is 2.47. The van der Waals surface area contributed by atoms with Crippen LogP contribution in [-0.2, 0) is 0 Å². The van der Waals surface area contributed by atoms with Gasteiger partial charge < -0.3 is 0 Å². The van der Waals surface area contributed by atoms with E-state index in [0.717, 1.165) is 0 Å². The van der Waals surface area contributed by atoms with Crippen molar-refractivity contribution in [2.24, 2.45) is 0 Å². The molecule has 1 aliphatic rings. The summed E-state index contributed by atoms with van der Waals surface area (Å²) >= 11 is 0. The van der Waals surface area contributed by atoms with Crippen LogP contribution in [0.2, 0.25) is 0 Å². The fourth-order valence-corrected chi connectivity index (χ4v) is 3.38. The van der Waals surface area contributed by atoms with Crippen molar-refractivity contribution >= 4 is 10.8 Å². The van der Waals surface area contributed by atoms with Gasteiger partial charge in [0.2, 0.25) is 0 Å². The Morgan fingerprint density at radius 2 is 1.63 bits per heavy atom. The Kier molecular flexibility index (Phi) is 2.11. The first-order valence-corrected chi connectivity index (χ1v) is 6.88. The number of aryl methyl sites for hydroxylation is 1. The summed E-state index contributed by atoms with van der Waals surface area (Å²) in [5.74, 6) is 0.510. The molecule has 0 heterocycles. The zero-order valence-electron chi connectivity index (χ0n) is 11.3. The second-order valence-corrected chi connectivity index (χ2v) is 5.56. The molecule has 4 rings (SSSR count). The fourth-order valence-electron chi connectivity index (χ4n) is 3.38. The predicted molar refractivity (Wildman–Crippen MR) is 81.6 cm³/mol. The monoisotopic (exact) mass is 244 g/mol. The topological polar surface area (TPSA) is 0 Å². The highest BCUT2D eigenvalue weighted by atomic mass is 14.3. The Bertz CT molecular complexity index is 796. The molecule has 92 valence electrons. The molecule has 0 saturated carbocycles. The minimum Gasteiger partial charge on any atom is -0.0619 e. The van der Waals surface area contributed by atoms with Crippen molar-refractivity contribution in [1.82, 2.24) is 0 Å². The first-order chi connectivity index (χ1) is 9.25. The van der Waals surface area contributed by atoms with Gasteiger partial charge in [-0.25, -0.2) is 0 Å². The van der Waals surface area contributed by atoms with E-state index in [4.69, 9.17) is 0 Å². The van der Waals surface area contributed by atoms with Crippen molar-refractivity contribution in [1.29, 1.82) is 0 Å². The van der Waals surface area contributed by atoms with Gasteiger partial charge in [-0.15, -0.1) is 0 Å². The largest absolute Gasteiger partial charge is 0.0619 e. The zero-order valence-corrected chi connectivity index (χ0v) is 11.3. The van der Waals surface area contributed by atoms with E-state index >= 15 is 0 Å². The Balaban J connectivity index is 2.18. The number of benzene rings is 3. The van der Waals surface area contributed by atoms with Crippen LogP contribution in [0.25, 0.3) is 21.9 Å². The number of hydrogen-bond acceptors (Lipinski definition) is 0. The molecule has 0 heteroatoms. The summed E-state index contributed by atoms with van der Waals surface area (Å²) in [5.41, 5.74) is 7.13. The van der Waals surface area contributed by atoms with Gasteiger partial charge in [-0.05, 0) is 39.9 Å². The lowest BCUT2D eigenvalue weighted by Gasteiger charge is -2.09. The lowest BCUT2D eigenvalue weighted by atomic mass is 9.95. The quantitative estimate of drug-likeness (QED) is 0.504. The molecule has 3 aromatic rings. The van der Waals surface area contributed by atoms with Crippen molar-refractivity contribution in [3.05, 3.63) is 71.3 Å². The summed E-state index contributed by atoms with van der Waals surface area (Å²) in [6.07, 6.45) is 0. The molecule has 0 nitrogen and oxygen atoms in total. The normalized spacial score (nSPS) is 16.4. The van der Waals surface area contributed by atoms with Gasteiger partial charge in [0, 0.05) is 5.92 Å². The molecule has 0 saturated heterocycles. The van der Waals surface area contributed by atoms with Crippen LogP contribution >= 0.6 is 0 Å². The average molecular weight is 244 g/mol. The molecule has 3 aromatic carbocycles. The minimum absolute atomic E-state index is 0.510. The van der Waals surface area contributed by atoms with Gasteiger partial charge >= 0.3 is 0 Å². The lowest BCUT2D eigenvalue weighted by Crippen LogP contribution is -1.89. The molecular weight excluding hydrogens is 228 g/mol. The van der Waals surface area contributed by atoms with Crippen molar-refractivity contribution in [3.8, 4) is 11.1 Å². The summed E-state index contributed by atoms with van der Waals surface area (Å²) in [6, 6.07) is 20.1. The molecule has 0 aliphatic heterocycles. The first kappa shape index (κ1) is 10.8. The van der Waals surface area contributed by atoms with Crippen LogP contribution in [0, 0.1) is 6.92 Å². The summed E-state index contributed by atoms with van der Waals surface area (Å²) in [6.45, 7) is 4.48. The molecule has 0 N–H and O–H groups in total. The van der Waals surface area contributed by atoms with Crippen LogP contribution < -0.4 is 0 Å². The van der Waals surface area contributed by atoms with Crippen molar-refractivity contribution in [2.45, 2.75) is 19.8 Å². The molecular formula is C19H16. The second-order valence-electron chi connectivity index (χ2n) is 5.56. The van der Waals surface area contributed by atoms with Gasteiger partial charge in [-0.1, -0.05) is 67.1 Å². The van der Waals surface area contributed by atoms with Crippen LogP contribution in [0.15, 0.2) is 54.6 Å². The summed E-state index contributed by atoms with van der Waals surface area (Å²) in [5, 5.41) is 2.74. The number of hydrogen-bond donors (Lipinski definition) is 0. The van der Waals surface area contributed by atoms with Gasteiger partial charge in [0.25, 0.3) is 0 Å². The maximum Gasteiger partial charge on any atom is 0.00735 e. The molecule has 19 heavy (non-hydrogen) atoms. The van der Waals surface area contributed by atoms with E-state index < -0.39 is 0 Å². The van der Waals surface area contributed by atoms with E-state index in [0.29, 0.717) is 5.92 Å². The van der Waals surface area contributed by atoms with E-state index in [2.05, 4.69) is 68.4 Å². The predicted octanol–water partition coefficient (Wildman–Crippen LogP) is 5.28. The third-order valence-electron chi connectivity index (χ3n) is 4.37. The molecule has 0 spiro atoms. The van der Waals surface area contributed by atoms with Crippen molar-refractivity contribution < 1.29 is 0 Å². The van der Waals surface area contributed by atoms with Gasteiger partial charge in [-0.2, -0.15) is 0 Å². The zero-order chi connectivity index (χ0) is 13.0. The smallest absolute Gasteiger partial charge is 0.00735 e. The maximum atomic E-state index is 2.32. The summed E-state index contributed by atoms with van der Waals surface area (Å²) in [7, 11) is 0. The Hall–Kier alpha value is -2.08. The number of rotatable bonds is 0. The molecule has 0 fully saturated rings. The highest BCUT2D eigenvalue weighted by molar-refractivity contribution is 6.01. The Labute approximate surface area is 113 Å². The third-order valence-corrected chi connectivity index (χ3v) is 4.37. The number of fused-ring (bicyclic) bond motifs is 5. The Morgan fingerprint density at radius 1 is 0.842 bits per heavy atom. The minimum atomic E-state index is 0.510. The van der Waals surface area contributed by atoms with E-state index in [1.165, 1.54) is 38.6 Å². The summed E-state index contributed by atoms with van der Waals surface area (Å²) in [4.78, 5) is 0. The van der Waals surface area contributed by atoms with E-state index in [9.17, 15) is 0 Å².